The number of halogens is 1. The molecule has 0 atom stereocenters. The van der Waals surface area contributed by atoms with Gasteiger partial charge in [0.25, 0.3) is 0 Å². The molecule has 1 aliphatic heterocycles. The quantitative estimate of drug-likeness (QED) is 0.659. The summed E-state index contributed by atoms with van der Waals surface area (Å²) in [5.74, 6) is -0.0338. The van der Waals surface area contributed by atoms with Crippen LogP contribution in [0.1, 0.15) is 10.4 Å². The number of aromatic nitrogens is 3. The number of amides is 1. The first kappa shape index (κ1) is 16.3. The summed E-state index contributed by atoms with van der Waals surface area (Å²) in [7, 11) is 0. The first-order valence-electron chi connectivity index (χ1n) is 7.83. The second-order valence-electron chi connectivity index (χ2n) is 5.66. The molecule has 2 aromatic heterocycles. The maximum atomic E-state index is 14.0. The number of rotatable bonds is 4. The van der Waals surface area contributed by atoms with E-state index in [0.29, 0.717) is 17.4 Å². The predicted octanol–water partition coefficient (Wildman–Crippen LogP) is 3.14. The third-order valence-electron chi connectivity index (χ3n) is 4.11. The van der Waals surface area contributed by atoms with Crippen LogP contribution < -0.4 is 0 Å². The summed E-state index contributed by atoms with van der Waals surface area (Å²) in [5, 5.41) is 10.5. The van der Waals surface area contributed by atoms with E-state index in [1.54, 1.807) is 34.1 Å². The molecule has 128 valence electrons. The molecule has 25 heavy (non-hydrogen) atoms. The van der Waals surface area contributed by atoms with Crippen molar-refractivity contribution >= 4 is 29.0 Å². The smallest absolute Gasteiger partial charge is 0.233 e. The van der Waals surface area contributed by atoms with E-state index in [1.807, 2.05) is 4.90 Å². The summed E-state index contributed by atoms with van der Waals surface area (Å²) in [6.07, 6.45) is 2.37. The minimum atomic E-state index is -0.350. The van der Waals surface area contributed by atoms with Crippen LogP contribution >= 0.6 is 23.1 Å². The summed E-state index contributed by atoms with van der Waals surface area (Å²) in [4.78, 5) is 15.8. The van der Waals surface area contributed by atoms with Crippen LogP contribution in [0.25, 0.3) is 5.69 Å². The molecule has 0 N–H and O–H groups in total. The molecule has 0 saturated carbocycles. The molecule has 3 aromatic rings. The zero-order valence-electron chi connectivity index (χ0n) is 13.3. The molecular weight excluding hydrogens is 359 g/mol. The van der Waals surface area contributed by atoms with E-state index in [-0.39, 0.29) is 17.5 Å². The Bertz CT molecular complexity index is 907. The van der Waals surface area contributed by atoms with Crippen molar-refractivity contribution in [1.29, 1.82) is 0 Å². The fraction of sp³-hybridized carbons (Fsp3) is 0.235. The third kappa shape index (κ3) is 3.32. The third-order valence-corrected chi connectivity index (χ3v) is 6.06. The van der Waals surface area contributed by atoms with E-state index in [0.717, 1.165) is 13.0 Å². The Labute approximate surface area is 152 Å². The number of fused-ring (bicyclic) bond motifs is 1. The standard InChI is InChI=1S/C17H15FN4OS2/c18-13-3-1-2-4-14(13)22-11-19-20-17(22)25-10-16(23)21-7-5-15-12(9-21)6-8-24-15/h1-4,6,8,11H,5,7,9-10H2. The molecule has 0 fully saturated rings. The maximum Gasteiger partial charge on any atom is 0.233 e. The van der Waals surface area contributed by atoms with Crippen molar-refractivity contribution in [3.63, 3.8) is 0 Å². The normalized spacial score (nSPS) is 13.7. The Hall–Kier alpha value is -2.19. The average Bonchev–Trinajstić information content (AvgIpc) is 3.28. The van der Waals surface area contributed by atoms with E-state index in [1.165, 1.54) is 34.6 Å². The van der Waals surface area contributed by atoms with E-state index in [2.05, 4.69) is 21.6 Å². The zero-order chi connectivity index (χ0) is 17.2. The van der Waals surface area contributed by atoms with Gasteiger partial charge in [-0.15, -0.1) is 21.5 Å². The summed E-state index contributed by atoms with van der Waals surface area (Å²) >= 11 is 3.03. The SMILES string of the molecule is O=C(CSc1nncn1-c1ccccc1F)N1CCc2sccc2C1. The maximum absolute atomic E-state index is 14.0. The molecule has 5 nitrogen and oxygen atoms in total. The lowest BCUT2D eigenvalue weighted by atomic mass is 10.1. The lowest BCUT2D eigenvalue weighted by Crippen LogP contribution is -2.36. The van der Waals surface area contributed by atoms with E-state index < -0.39 is 0 Å². The van der Waals surface area contributed by atoms with Gasteiger partial charge in [-0.2, -0.15) is 0 Å². The van der Waals surface area contributed by atoms with Crippen molar-refractivity contribution in [3.05, 3.63) is 58.3 Å². The molecule has 8 heteroatoms. The monoisotopic (exact) mass is 374 g/mol. The van der Waals surface area contributed by atoms with Gasteiger partial charge in [0.05, 0.1) is 11.4 Å². The molecule has 0 saturated heterocycles. The highest BCUT2D eigenvalue weighted by Gasteiger charge is 2.22. The molecule has 3 heterocycles. The van der Waals surface area contributed by atoms with Crippen molar-refractivity contribution in [1.82, 2.24) is 19.7 Å². The zero-order valence-corrected chi connectivity index (χ0v) is 14.9. The highest BCUT2D eigenvalue weighted by molar-refractivity contribution is 7.99. The van der Waals surface area contributed by atoms with Crippen LogP contribution in [0, 0.1) is 5.82 Å². The summed E-state index contributed by atoms with van der Waals surface area (Å²) in [5.41, 5.74) is 1.62. The fourth-order valence-corrected chi connectivity index (χ4v) is 4.53. The van der Waals surface area contributed by atoms with Crippen LogP contribution in [0.15, 0.2) is 47.2 Å². The second kappa shape index (κ2) is 6.97. The van der Waals surface area contributed by atoms with E-state index >= 15 is 0 Å². The molecule has 4 rings (SSSR count). The minimum Gasteiger partial charge on any atom is -0.337 e. The van der Waals surface area contributed by atoms with Gasteiger partial charge in [-0.1, -0.05) is 23.9 Å². The average molecular weight is 374 g/mol. The van der Waals surface area contributed by atoms with Gasteiger partial charge < -0.3 is 4.90 Å². The molecular formula is C17H15FN4OS2. The summed E-state index contributed by atoms with van der Waals surface area (Å²) < 4.78 is 15.5. The van der Waals surface area contributed by atoms with Crippen molar-refractivity contribution in [2.24, 2.45) is 0 Å². The van der Waals surface area contributed by atoms with Gasteiger partial charge in [0.2, 0.25) is 5.91 Å². The van der Waals surface area contributed by atoms with Crippen LogP contribution in [-0.2, 0) is 17.8 Å². The molecule has 0 aliphatic carbocycles. The highest BCUT2D eigenvalue weighted by Crippen LogP contribution is 2.26. The fourth-order valence-electron chi connectivity index (χ4n) is 2.81. The largest absolute Gasteiger partial charge is 0.337 e. The second-order valence-corrected chi connectivity index (χ2v) is 7.60. The van der Waals surface area contributed by atoms with Crippen LogP contribution in [0.5, 0.6) is 0 Å². The Morgan fingerprint density at radius 1 is 1.32 bits per heavy atom. The number of para-hydroxylation sites is 1. The molecule has 0 radical (unpaired) electrons. The first-order valence-corrected chi connectivity index (χ1v) is 9.69. The molecule has 0 bridgehead atoms. The Morgan fingerprint density at radius 3 is 3.08 bits per heavy atom. The molecule has 0 spiro atoms. The van der Waals surface area contributed by atoms with Crippen LogP contribution in [0.3, 0.4) is 0 Å². The lowest BCUT2D eigenvalue weighted by molar-refractivity contribution is -0.129. The first-order chi connectivity index (χ1) is 12.2. The van der Waals surface area contributed by atoms with Crippen LogP contribution in [0.2, 0.25) is 0 Å². The molecule has 1 amide bonds. The topological polar surface area (TPSA) is 51.0 Å². The van der Waals surface area contributed by atoms with E-state index in [9.17, 15) is 9.18 Å². The van der Waals surface area contributed by atoms with Crippen LogP contribution in [0.4, 0.5) is 4.39 Å². The summed E-state index contributed by atoms with van der Waals surface area (Å²) in [6, 6.07) is 8.52. The van der Waals surface area contributed by atoms with Crippen molar-refractivity contribution < 1.29 is 9.18 Å². The predicted molar refractivity (Wildman–Crippen MR) is 95.5 cm³/mol. The summed E-state index contributed by atoms with van der Waals surface area (Å²) in [6.45, 7) is 1.41. The number of thiophene rings is 1. The Kier molecular flexibility index (Phi) is 4.54. The minimum absolute atomic E-state index is 0.0601. The molecule has 1 aromatic carbocycles. The molecule has 0 unspecified atom stereocenters. The van der Waals surface area contributed by atoms with Gasteiger partial charge in [0.1, 0.15) is 12.1 Å². The Morgan fingerprint density at radius 2 is 2.20 bits per heavy atom. The molecule has 1 aliphatic rings. The van der Waals surface area contributed by atoms with Gasteiger partial charge >= 0.3 is 0 Å². The van der Waals surface area contributed by atoms with Crippen molar-refractivity contribution in [2.75, 3.05) is 12.3 Å². The number of hydrogen-bond donors (Lipinski definition) is 0. The van der Waals surface area contributed by atoms with Crippen molar-refractivity contribution in [2.45, 2.75) is 18.1 Å². The number of nitrogens with zero attached hydrogens (tertiary/aromatic N) is 4. The van der Waals surface area contributed by atoms with Crippen LogP contribution in [-0.4, -0.2) is 37.9 Å². The lowest BCUT2D eigenvalue weighted by Gasteiger charge is -2.26. The number of carbonyl (C=O) groups is 1. The number of carbonyl (C=O) groups excluding carboxylic acids is 1. The van der Waals surface area contributed by atoms with Crippen molar-refractivity contribution in [3.8, 4) is 5.69 Å². The highest BCUT2D eigenvalue weighted by atomic mass is 32.2. The number of benzene rings is 1. The van der Waals surface area contributed by atoms with Gasteiger partial charge in [-0.3, -0.25) is 9.36 Å². The number of hydrogen-bond acceptors (Lipinski definition) is 5. The van der Waals surface area contributed by atoms with Gasteiger partial charge in [-0.05, 0) is 35.6 Å². The Balaban J connectivity index is 1.44. The van der Waals surface area contributed by atoms with E-state index in [4.69, 9.17) is 0 Å². The number of thioether (sulfide) groups is 1. The van der Waals surface area contributed by atoms with Gasteiger partial charge in [0, 0.05) is 18.0 Å². The van der Waals surface area contributed by atoms with Gasteiger partial charge in [0.15, 0.2) is 5.16 Å². The van der Waals surface area contributed by atoms with Gasteiger partial charge in [-0.25, -0.2) is 4.39 Å².